The van der Waals surface area contributed by atoms with E-state index >= 15 is 0 Å². The van der Waals surface area contributed by atoms with Gasteiger partial charge in [-0.3, -0.25) is 0 Å². The SMILES string of the molecule is FC1OCC1C(F)(F)OB(OC(F)(F)C1COC1F)OC(F)(F)C1COC1F. The number of alkyl halides is 9. The lowest BCUT2D eigenvalue weighted by atomic mass is 10.0. The van der Waals surface area contributed by atoms with Gasteiger partial charge in [0.15, 0.2) is 0 Å². The van der Waals surface area contributed by atoms with Gasteiger partial charge >= 0.3 is 25.6 Å². The molecule has 0 aromatic heterocycles. The lowest BCUT2D eigenvalue weighted by molar-refractivity contribution is -0.375. The van der Waals surface area contributed by atoms with Crippen molar-refractivity contribution in [2.45, 2.75) is 37.4 Å². The van der Waals surface area contributed by atoms with Crippen LogP contribution in [0.15, 0.2) is 0 Å². The van der Waals surface area contributed by atoms with Gasteiger partial charge in [0.2, 0.25) is 19.1 Å². The van der Waals surface area contributed by atoms with Gasteiger partial charge < -0.3 is 28.2 Å². The molecule has 3 fully saturated rings. The minimum absolute atomic E-state index is 0.917. The van der Waals surface area contributed by atoms with Crippen molar-refractivity contribution in [3.8, 4) is 0 Å². The van der Waals surface area contributed by atoms with Crippen molar-refractivity contribution in [3.05, 3.63) is 0 Å². The second-order valence-corrected chi connectivity index (χ2v) is 6.20. The maximum Gasteiger partial charge on any atom is 0.652 e. The van der Waals surface area contributed by atoms with Crippen LogP contribution in [0.25, 0.3) is 0 Å². The van der Waals surface area contributed by atoms with Crippen LogP contribution in [0.3, 0.4) is 0 Å². The van der Waals surface area contributed by atoms with Gasteiger partial charge in [-0.25, -0.2) is 13.2 Å². The fourth-order valence-electron chi connectivity index (χ4n) is 2.26. The van der Waals surface area contributed by atoms with Crippen molar-refractivity contribution in [3.63, 3.8) is 0 Å². The summed E-state index contributed by atoms with van der Waals surface area (Å²) in [6, 6.07) is 0. The fraction of sp³-hybridized carbons (Fsp3) is 1.00. The van der Waals surface area contributed by atoms with Crippen molar-refractivity contribution in [2.75, 3.05) is 19.8 Å². The van der Waals surface area contributed by atoms with Crippen molar-refractivity contribution in [1.29, 1.82) is 0 Å². The summed E-state index contributed by atoms with van der Waals surface area (Å²) >= 11 is 0. The highest BCUT2D eigenvalue weighted by molar-refractivity contribution is 6.36. The van der Waals surface area contributed by atoms with Crippen LogP contribution in [0.2, 0.25) is 0 Å². The van der Waals surface area contributed by atoms with E-state index < -0.39 is 82.3 Å². The minimum Gasteiger partial charge on any atom is -0.347 e. The molecule has 6 unspecified atom stereocenters. The standard InChI is InChI=1S/C12H12BF9O6/c14-7-4(1-23-7)10(17,18)26-13(27-11(19,20)5-2-24-8(5)15)28-12(21,22)6-3-25-9(6)16/h4-9H,1-3H2. The van der Waals surface area contributed by atoms with Crippen molar-refractivity contribution < 1.29 is 67.7 Å². The lowest BCUT2D eigenvalue weighted by Gasteiger charge is -2.41. The highest BCUT2D eigenvalue weighted by atomic mass is 19.3. The number of hydrogen-bond acceptors (Lipinski definition) is 6. The average molecular weight is 434 g/mol. The quantitative estimate of drug-likeness (QED) is 0.411. The summed E-state index contributed by atoms with van der Waals surface area (Å²) in [5.41, 5.74) is 0. The topological polar surface area (TPSA) is 55.4 Å². The van der Waals surface area contributed by atoms with Gasteiger partial charge in [0.1, 0.15) is 17.8 Å². The van der Waals surface area contributed by atoms with E-state index in [0.717, 1.165) is 0 Å². The zero-order valence-corrected chi connectivity index (χ0v) is 13.5. The van der Waals surface area contributed by atoms with Gasteiger partial charge in [-0.2, -0.15) is 26.3 Å². The van der Waals surface area contributed by atoms with Crippen molar-refractivity contribution >= 4 is 7.32 Å². The van der Waals surface area contributed by atoms with Gasteiger partial charge in [-0.15, -0.1) is 0 Å². The zero-order chi connectivity index (χ0) is 20.9. The molecule has 0 spiro atoms. The molecule has 16 heteroatoms. The van der Waals surface area contributed by atoms with Gasteiger partial charge in [0, 0.05) is 0 Å². The highest BCUT2D eigenvalue weighted by Crippen LogP contribution is 2.43. The van der Waals surface area contributed by atoms with Gasteiger partial charge in [-0.05, 0) is 0 Å². The van der Waals surface area contributed by atoms with Crippen LogP contribution in [0.4, 0.5) is 39.5 Å². The van der Waals surface area contributed by atoms with E-state index in [4.69, 9.17) is 0 Å². The molecule has 3 heterocycles. The molecule has 6 nitrogen and oxygen atoms in total. The molecule has 0 aliphatic carbocycles. The van der Waals surface area contributed by atoms with Crippen LogP contribution in [0.5, 0.6) is 0 Å². The van der Waals surface area contributed by atoms with E-state index in [1.807, 2.05) is 0 Å². The molecule has 3 aliphatic heterocycles. The molecule has 0 bridgehead atoms. The predicted molar refractivity (Wildman–Crippen MR) is 66.9 cm³/mol. The molecule has 0 saturated carbocycles. The smallest absolute Gasteiger partial charge is 0.347 e. The molecule has 0 N–H and O–H groups in total. The van der Waals surface area contributed by atoms with Crippen molar-refractivity contribution in [1.82, 2.24) is 0 Å². The van der Waals surface area contributed by atoms with Crippen molar-refractivity contribution in [2.24, 2.45) is 17.8 Å². The summed E-state index contributed by atoms with van der Waals surface area (Å²) in [5, 5.41) is 0. The van der Waals surface area contributed by atoms with Gasteiger partial charge in [-0.1, -0.05) is 0 Å². The Morgan fingerprint density at radius 2 is 0.821 bits per heavy atom. The van der Waals surface area contributed by atoms with Crippen LogP contribution in [0, 0.1) is 17.8 Å². The van der Waals surface area contributed by atoms with E-state index in [2.05, 4.69) is 28.2 Å². The summed E-state index contributed by atoms with van der Waals surface area (Å²) in [4.78, 5) is 0. The second kappa shape index (κ2) is 7.47. The van der Waals surface area contributed by atoms with Crippen LogP contribution < -0.4 is 0 Å². The van der Waals surface area contributed by atoms with E-state index in [1.54, 1.807) is 0 Å². The number of rotatable bonds is 9. The molecule has 0 aromatic carbocycles. The predicted octanol–water partition coefficient (Wildman–Crippen LogP) is 2.63. The first-order valence-corrected chi connectivity index (χ1v) is 7.77. The Balaban J connectivity index is 1.73. The first kappa shape index (κ1) is 21.9. The number of ether oxygens (including phenoxy) is 3. The first-order valence-electron chi connectivity index (χ1n) is 7.77. The zero-order valence-electron chi connectivity index (χ0n) is 13.5. The van der Waals surface area contributed by atoms with Gasteiger partial charge in [0.05, 0.1) is 19.8 Å². The van der Waals surface area contributed by atoms with E-state index in [0.29, 0.717) is 0 Å². The second-order valence-electron chi connectivity index (χ2n) is 6.20. The Morgan fingerprint density at radius 3 is 0.964 bits per heavy atom. The molecule has 0 amide bonds. The van der Waals surface area contributed by atoms with Crippen LogP contribution >= 0.6 is 0 Å². The molecule has 3 aliphatic rings. The van der Waals surface area contributed by atoms with E-state index in [-0.39, 0.29) is 0 Å². The minimum atomic E-state index is -4.65. The molecule has 6 atom stereocenters. The van der Waals surface area contributed by atoms with Gasteiger partial charge in [0.25, 0.3) is 0 Å². The monoisotopic (exact) mass is 434 g/mol. The summed E-state index contributed by atoms with van der Waals surface area (Å²) in [6.07, 6.45) is -21.6. The summed E-state index contributed by atoms with van der Waals surface area (Å²) < 4.78 is 145. The van der Waals surface area contributed by atoms with Crippen LogP contribution in [-0.2, 0) is 28.2 Å². The highest BCUT2D eigenvalue weighted by Gasteiger charge is 2.63. The van der Waals surface area contributed by atoms with Crippen LogP contribution in [0.1, 0.15) is 0 Å². The Hall–Kier alpha value is -0.805. The Bertz CT molecular complexity index is 496. The summed E-state index contributed by atoms with van der Waals surface area (Å²) in [7, 11) is -3.52. The third-order valence-electron chi connectivity index (χ3n) is 4.31. The molecule has 28 heavy (non-hydrogen) atoms. The Labute approximate surface area is 151 Å². The molecular formula is C12H12BF9O6. The first-order chi connectivity index (χ1) is 12.8. The largest absolute Gasteiger partial charge is 0.652 e. The molecule has 162 valence electrons. The van der Waals surface area contributed by atoms with E-state index in [1.165, 1.54) is 0 Å². The third kappa shape index (κ3) is 4.21. The fourth-order valence-corrected chi connectivity index (χ4v) is 2.26. The van der Waals surface area contributed by atoms with Crippen LogP contribution in [-0.4, -0.2) is 64.5 Å². The maximum atomic E-state index is 13.9. The molecule has 0 radical (unpaired) electrons. The number of hydrogen-bond donors (Lipinski definition) is 0. The molecule has 0 aromatic rings. The van der Waals surface area contributed by atoms with E-state index in [9.17, 15) is 39.5 Å². The Kier molecular flexibility index (Phi) is 5.84. The summed E-state index contributed by atoms with van der Waals surface area (Å²) in [5.74, 6) is -6.98. The summed E-state index contributed by atoms with van der Waals surface area (Å²) in [6.45, 7) is -2.75. The normalized spacial score (nSPS) is 36.3. The lowest BCUT2D eigenvalue weighted by Crippen LogP contribution is -2.59. The molecule has 3 rings (SSSR count). The number of halogens is 9. The third-order valence-corrected chi connectivity index (χ3v) is 4.31. The average Bonchev–Trinajstić information content (AvgIpc) is 2.46. The molecule has 3 saturated heterocycles. The Morgan fingerprint density at radius 1 is 0.571 bits per heavy atom. The maximum absolute atomic E-state index is 13.9. The molecular weight excluding hydrogens is 422 g/mol.